The normalized spacial score (nSPS) is 11.0. The third-order valence-electron chi connectivity index (χ3n) is 3.28. The van der Waals surface area contributed by atoms with Crippen LogP contribution in [0.1, 0.15) is 16.1 Å². The first-order chi connectivity index (χ1) is 12.0. The number of H-pyrrole nitrogens is 1. The number of hydrogen-bond acceptors (Lipinski definition) is 3. The Hall–Kier alpha value is -2.70. The van der Waals surface area contributed by atoms with Crippen LogP contribution in [0.2, 0.25) is 10.0 Å². The van der Waals surface area contributed by atoms with Gasteiger partial charge in [-0.15, -0.1) is 0 Å². The molecule has 2 N–H and O–H groups in total. The Morgan fingerprint density at radius 3 is 2.68 bits per heavy atom. The molecule has 8 heteroatoms. The molecule has 0 spiro atoms. The Morgan fingerprint density at radius 1 is 1.16 bits per heavy atom. The topological polar surface area (TPSA) is 70.1 Å². The fourth-order valence-corrected chi connectivity index (χ4v) is 2.43. The lowest BCUT2D eigenvalue weighted by Crippen LogP contribution is -2.17. The van der Waals surface area contributed by atoms with Gasteiger partial charge in [0.05, 0.1) is 16.9 Å². The maximum atomic E-state index is 12.8. The molecule has 1 aromatic heterocycles. The number of aromatic nitrogens is 2. The van der Waals surface area contributed by atoms with Gasteiger partial charge in [-0.05, 0) is 42.0 Å². The number of nitrogens with one attached hydrogen (secondary N) is 2. The van der Waals surface area contributed by atoms with E-state index < -0.39 is 5.91 Å². The minimum atomic E-state index is -0.477. The predicted molar refractivity (Wildman–Crippen MR) is 95.5 cm³/mol. The van der Waals surface area contributed by atoms with Crippen LogP contribution in [0.3, 0.4) is 0 Å². The van der Waals surface area contributed by atoms with E-state index in [1.807, 2.05) is 0 Å². The Labute approximate surface area is 152 Å². The summed E-state index contributed by atoms with van der Waals surface area (Å²) in [5, 5.41) is 11.5. The van der Waals surface area contributed by atoms with Gasteiger partial charge in [-0.3, -0.25) is 9.89 Å². The highest BCUT2D eigenvalue weighted by molar-refractivity contribution is 6.35. The van der Waals surface area contributed by atoms with Gasteiger partial charge >= 0.3 is 0 Å². The molecule has 0 fully saturated rings. The first kappa shape index (κ1) is 17.1. The average molecular weight is 377 g/mol. The lowest BCUT2D eigenvalue weighted by atomic mass is 10.1. The van der Waals surface area contributed by atoms with Gasteiger partial charge in [0.2, 0.25) is 0 Å². The molecule has 0 radical (unpaired) electrons. The number of carbonyl (C=O) groups excluding carboxylic acids is 1. The minimum Gasteiger partial charge on any atom is -0.272 e. The summed E-state index contributed by atoms with van der Waals surface area (Å²) in [6.45, 7) is 0. The Bertz CT molecular complexity index is 938. The third-order valence-corrected chi connectivity index (χ3v) is 3.84. The highest BCUT2D eigenvalue weighted by Crippen LogP contribution is 2.29. The number of hydrazone groups is 1. The second-order valence-corrected chi connectivity index (χ2v) is 5.89. The monoisotopic (exact) mass is 376 g/mol. The van der Waals surface area contributed by atoms with Crippen LogP contribution in [-0.4, -0.2) is 22.3 Å². The molecule has 0 saturated heterocycles. The summed E-state index contributed by atoms with van der Waals surface area (Å²) >= 11 is 12.1. The van der Waals surface area contributed by atoms with Crippen molar-refractivity contribution < 1.29 is 9.18 Å². The summed E-state index contributed by atoms with van der Waals surface area (Å²) in [5.41, 5.74) is 4.32. The van der Waals surface area contributed by atoms with Gasteiger partial charge in [-0.1, -0.05) is 35.3 Å². The molecule has 0 unspecified atom stereocenters. The van der Waals surface area contributed by atoms with Crippen LogP contribution in [0.25, 0.3) is 11.3 Å². The predicted octanol–water partition coefficient (Wildman–Crippen LogP) is 4.29. The number of rotatable bonds is 4. The van der Waals surface area contributed by atoms with Crippen LogP contribution in [0.5, 0.6) is 0 Å². The van der Waals surface area contributed by atoms with Crippen LogP contribution < -0.4 is 5.43 Å². The Kier molecular flexibility index (Phi) is 5.11. The van der Waals surface area contributed by atoms with Gasteiger partial charge in [0.25, 0.3) is 5.91 Å². The lowest BCUT2D eigenvalue weighted by molar-refractivity contribution is 0.0950. The van der Waals surface area contributed by atoms with Crippen LogP contribution in [0.4, 0.5) is 4.39 Å². The molecule has 0 aliphatic heterocycles. The average Bonchev–Trinajstić information content (AvgIpc) is 3.09. The summed E-state index contributed by atoms with van der Waals surface area (Å²) in [6.07, 6.45) is 1.41. The number of halogens is 3. The minimum absolute atomic E-state index is 0.210. The van der Waals surface area contributed by atoms with Gasteiger partial charge in [0.15, 0.2) is 0 Å². The SMILES string of the molecule is O=C(NN=Cc1ccc(F)cc1)c1cc(-c2cc(Cl)ccc2Cl)n[nH]1. The maximum absolute atomic E-state index is 12.8. The maximum Gasteiger partial charge on any atom is 0.289 e. The highest BCUT2D eigenvalue weighted by atomic mass is 35.5. The van der Waals surface area contributed by atoms with Gasteiger partial charge in [-0.25, -0.2) is 9.82 Å². The number of hydrogen-bond donors (Lipinski definition) is 2. The molecule has 0 aliphatic rings. The Balaban J connectivity index is 1.70. The second-order valence-electron chi connectivity index (χ2n) is 5.04. The largest absolute Gasteiger partial charge is 0.289 e. The summed E-state index contributed by atoms with van der Waals surface area (Å²) in [6, 6.07) is 12.2. The standard InChI is InChI=1S/C17H11Cl2FN4O/c18-11-3-6-14(19)13(7-11)15-8-16(23-22-15)17(25)24-21-9-10-1-4-12(20)5-2-10/h1-9H,(H,22,23)(H,24,25). The van der Waals surface area contributed by atoms with Crippen molar-refractivity contribution >= 4 is 35.3 Å². The fourth-order valence-electron chi connectivity index (χ4n) is 2.04. The van der Waals surface area contributed by atoms with E-state index in [1.54, 1.807) is 36.4 Å². The van der Waals surface area contributed by atoms with E-state index >= 15 is 0 Å². The number of aromatic amines is 1. The van der Waals surface area contributed by atoms with Crippen LogP contribution in [-0.2, 0) is 0 Å². The molecule has 0 atom stereocenters. The quantitative estimate of drug-likeness (QED) is 0.526. The summed E-state index contributed by atoms with van der Waals surface area (Å²) in [5.74, 6) is -0.818. The van der Waals surface area contributed by atoms with Crippen molar-refractivity contribution in [2.75, 3.05) is 0 Å². The van der Waals surface area contributed by atoms with Gasteiger partial charge < -0.3 is 0 Å². The number of benzene rings is 2. The number of amides is 1. The first-order valence-electron chi connectivity index (χ1n) is 7.13. The molecule has 5 nitrogen and oxygen atoms in total. The van der Waals surface area contributed by atoms with E-state index in [0.717, 1.165) is 0 Å². The summed E-state index contributed by atoms with van der Waals surface area (Å²) in [7, 11) is 0. The molecule has 1 heterocycles. The molecule has 25 heavy (non-hydrogen) atoms. The van der Waals surface area contributed by atoms with Crippen molar-refractivity contribution in [1.29, 1.82) is 0 Å². The lowest BCUT2D eigenvalue weighted by Gasteiger charge is -2.00. The molecule has 2 aromatic carbocycles. The zero-order chi connectivity index (χ0) is 17.8. The zero-order valence-corrected chi connectivity index (χ0v) is 14.1. The van der Waals surface area contributed by atoms with Crippen molar-refractivity contribution in [3.8, 4) is 11.3 Å². The van der Waals surface area contributed by atoms with E-state index in [4.69, 9.17) is 23.2 Å². The molecular weight excluding hydrogens is 366 g/mol. The molecule has 126 valence electrons. The van der Waals surface area contributed by atoms with E-state index in [1.165, 1.54) is 18.3 Å². The summed E-state index contributed by atoms with van der Waals surface area (Å²) < 4.78 is 12.8. The van der Waals surface area contributed by atoms with Gasteiger partial charge in [0, 0.05) is 10.6 Å². The zero-order valence-electron chi connectivity index (χ0n) is 12.6. The van der Waals surface area contributed by atoms with Crippen molar-refractivity contribution in [3.63, 3.8) is 0 Å². The van der Waals surface area contributed by atoms with Gasteiger partial charge in [-0.2, -0.15) is 10.2 Å². The Morgan fingerprint density at radius 2 is 1.92 bits per heavy atom. The molecule has 0 saturated carbocycles. The molecule has 1 amide bonds. The van der Waals surface area contributed by atoms with E-state index in [0.29, 0.717) is 26.9 Å². The smallest absolute Gasteiger partial charge is 0.272 e. The van der Waals surface area contributed by atoms with Crippen molar-refractivity contribution in [2.24, 2.45) is 5.10 Å². The van der Waals surface area contributed by atoms with Crippen LogP contribution in [0.15, 0.2) is 53.6 Å². The molecular formula is C17H11Cl2FN4O. The number of nitrogens with zero attached hydrogens (tertiary/aromatic N) is 2. The van der Waals surface area contributed by atoms with E-state index in [2.05, 4.69) is 20.7 Å². The van der Waals surface area contributed by atoms with Crippen molar-refractivity contribution in [1.82, 2.24) is 15.6 Å². The third kappa shape index (κ3) is 4.23. The van der Waals surface area contributed by atoms with Crippen molar-refractivity contribution in [2.45, 2.75) is 0 Å². The second kappa shape index (κ2) is 7.46. The fraction of sp³-hybridized carbons (Fsp3) is 0. The molecule has 3 aromatic rings. The van der Waals surface area contributed by atoms with Crippen LogP contribution >= 0.6 is 23.2 Å². The highest BCUT2D eigenvalue weighted by Gasteiger charge is 2.13. The number of carbonyl (C=O) groups is 1. The van der Waals surface area contributed by atoms with Crippen molar-refractivity contribution in [3.05, 3.63) is 75.7 Å². The van der Waals surface area contributed by atoms with E-state index in [-0.39, 0.29) is 11.5 Å². The van der Waals surface area contributed by atoms with E-state index in [9.17, 15) is 9.18 Å². The molecule has 3 rings (SSSR count). The first-order valence-corrected chi connectivity index (χ1v) is 7.88. The molecule has 0 aliphatic carbocycles. The van der Waals surface area contributed by atoms with Gasteiger partial charge in [0.1, 0.15) is 11.5 Å². The molecule has 0 bridgehead atoms. The van der Waals surface area contributed by atoms with Crippen LogP contribution in [0, 0.1) is 5.82 Å². The summed E-state index contributed by atoms with van der Waals surface area (Å²) in [4.78, 5) is 12.1.